The Morgan fingerprint density at radius 3 is 2.05 bits per heavy atom. The summed E-state index contributed by atoms with van der Waals surface area (Å²) in [5, 5.41) is 0. The molecule has 0 aliphatic rings. The Hall–Kier alpha value is -2.21. The predicted octanol–water partition coefficient (Wildman–Crippen LogP) is 13.2. The summed E-state index contributed by atoms with van der Waals surface area (Å²) < 4.78 is 20.8. The average Bonchev–Trinajstić information content (AvgIpc) is 3.74. The van der Waals surface area contributed by atoms with E-state index in [1.54, 1.807) is 23.5 Å². The fraction of sp³-hybridized carbons (Fsp3) is 0.444. The molecule has 1 aromatic carbocycles. The van der Waals surface area contributed by atoms with Crippen molar-refractivity contribution in [2.75, 3.05) is 0 Å². The van der Waals surface area contributed by atoms with Gasteiger partial charge in [-0.05, 0) is 106 Å². The SMILES string of the molecule is C=CCCCCCCCCc1ccc(-c2ccc(-c3ccc(-c4ccc(O[C@H](C)CCCCCC)c(F)c4)s3)s2)s1. The van der Waals surface area contributed by atoms with Crippen LogP contribution < -0.4 is 4.74 Å². The van der Waals surface area contributed by atoms with E-state index in [0.29, 0.717) is 5.75 Å². The maximum atomic E-state index is 14.9. The van der Waals surface area contributed by atoms with Gasteiger partial charge in [0.15, 0.2) is 11.6 Å². The van der Waals surface area contributed by atoms with Gasteiger partial charge in [0.1, 0.15) is 0 Å². The molecule has 0 bridgehead atoms. The van der Waals surface area contributed by atoms with E-state index in [9.17, 15) is 4.39 Å². The largest absolute Gasteiger partial charge is 0.488 e. The number of rotatable bonds is 19. The van der Waals surface area contributed by atoms with E-state index in [-0.39, 0.29) is 11.9 Å². The number of hydrogen-bond donors (Lipinski definition) is 0. The summed E-state index contributed by atoms with van der Waals surface area (Å²) in [6.45, 7) is 8.05. The van der Waals surface area contributed by atoms with Gasteiger partial charge in [0.2, 0.25) is 0 Å². The van der Waals surface area contributed by atoms with Crippen LogP contribution in [-0.4, -0.2) is 6.10 Å². The first-order valence-corrected chi connectivity index (χ1v) is 17.9. The maximum absolute atomic E-state index is 14.9. The van der Waals surface area contributed by atoms with Crippen molar-refractivity contribution in [1.82, 2.24) is 0 Å². The average molecular weight is 609 g/mol. The summed E-state index contributed by atoms with van der Waals surface area (Å²) in [5.74, 6) is 0.0688. The summed E-state index contributed by atoms with van der Waals surface area (Å²) in [7, 11) is 0. The lowest BCUT2D eigenvalue weighted by Gasteiger charge is -2.15. The first-order chi connectivity index (χ1) is 20.1. The van der Waals surface area contributed by atoms with E-state index in [1.807, 2.05) is 41.7 Å². The second kappa shape index (κ2) is 17.0. The van der Waals surface area contributed by atoms with Crippen LogP contribution in [-0.2, 0) is 6.42 Å². The molecule has 4 rings (SSSR count). The highest BCUT2D eigenvalue weighted by Gasteiger charge is 2.14. The summed E-state index contributed by atoms with van der Waals surface area (Å²) in [5.41, 5.74) is 0.901. The molecule has 0 saturated heterocycles. The smallest absolute Gasteiger partial charge is 0.165 e. The Balaban J connectivity index is 1.29. The summed E-state index contributed by atoms with van der Waals surface area (Å²) in [6, 6.07) is 18.7. The molecule has 0 aliphatic heterocycles. The molecule has 1 nitrogen and oxygen atoms in total. The van der Waals surface area contributed by atoms with Gasteiger partial charge in [-0.25, -0.2) is 4.39 Å². The van der Waals surface area contributed by atoms with Gasteiger partial charge in [0.05, 0.1) is 6.10 Å². The molecule has 0 spiro atoms. The van der Waals surface area contributed by atoms with Crippen molar-refractivity contribution in [3.63, 3.8) is 0 Å². The lowest BCUT2D eigenvalue weighted by molar-refractivity contribution is 0.197. The zero-order valence-electron chi connectivity index (χ0n) is 24.8. The van der Waals surface area contributed by atoms with Gasteiger partial charge in [-0.1, -0.05) is 57.9 Å². The molecule has 3 heterocycles. The van der Waals surface area contributed by atoms with Crippen LogP contribution in [0.4, 0.5) is 4.39 Å². The van der Waals surface area contributed by atoms with Crippen LogP contribution in [0.3, 0.4) is 0 Å². The van der Waals surface area contributed by atoms with Gasteiger partial charge < -0.3 is 4.74 Å². The zero-order valence-corrected chi connectivity index (χ0v) is 27.2. The lowest BCUT2D eigenvalue weighted by Crippen LogP contribution is -2.12. The second-order valence-corrected chi connectivity index (χ2v) is 14.3. The molecule has 0 radical (unpaired) electrons. The topological polar surface area (TPSA) is 9.23 Å². The zero-order chi connectivity index (χ0) is 28.9. The van der Waals surface area contributed by atoms with Gasteiger partial charge in [-0.2, -0.15) is 0 Å². The third kappa shape index (κ3) is 9.94. The van der Waals surface area contributed by atoms with Crippen molar-refractivity contribution in [1.29, 1.82) is 0 Å². The van der Waals surface area contributed by atoms with Gasteiger partial charge in [-0.15, -0.1) is 40.6 Å². The minimum Gasteiger partial charge on any atom is -0.488 e. The summed E-state index contributed by atoms with van der Waals surface area (Å²) in [4.78, 5) is 7.73. The van der Waals surface area contributed by atoms with Crippen LogP contribution in [0.5, 0.6) is 5.75 Å². The van der Waals surface area contributed by atoms with Crippen LogP contribution >= 0.6 is 34.0 Å². The fourth-order valence-electron chi connectivity index (χ4n) is 5.05. The molecule has 0 amide bonds. The Bertz CT molecular complexity index is 1330. The quantitative estimate of drug-likeness (QED) is 0.0760. The summed E-state index contributed by atoms with van der Waals surface area (Å²) >= 11 is 5.50. The molecular weight excluding hydrogens is 564 g/mol. The molecule has 41 heavy (non-hydrogen) atoms. The molecule has 5 heteroatoms. The van der Waals surface area contributed by atoms with E-state index < -0.39 is 0 Å². The normalized spacial score (nSPS) is 12.1. The van der Waals surface area contributed by atoms with Crippen LogP contribution in [0.2, 0.25) is 0 Å². The number of ether oxygens (including phenoxy) is 1. The lowest BCUT2D eigenvalue weighted by atomic mass is 10.1. The van der Waals surface area contributed by atoms with Crippen molar-refractivity contribution in [3.8, 4) is 35.7 Å². The molecule has 0 N–H and O–H groups in total. The van der Waals surface area contributed by atoms with Crippen molar-refractivity contribution >= 4 is 34.0 Å². The summed E-state index contributed by atoms with van der Waals surface area (Å²) in [6.07, 6.45) is 18.1. The van der Waals surface area contributed by atoms with E-state index in [1.165, 1.54) is 88.6 Å². The highest BCUT2D eigenvalue weighted by atomic mass is 32.1. The van der Waals surface area contributed by atoms with Crippen molar-refractivity contribution in [2.45, 2.75) is 103 Å². The maximum Gasteiger partial charge on any atom is 0.165 e. The highest BCUT2D eigenvalue weighted by Crippen LogP contribution is 2.42. The van der Waals surface area contributed by atoms with E-state index in [2.05, 4.69) is 49.9 Å². The number of aryl methyl sites for hydroxylation is 1. The number of halogens is 1. The molecule has 0 saturated carbocycles. The molecule has 3 aromatic heterocycles. The Kier molecular flexibility index (Phi) is 13.2. The van der Waals surface area contributed by atoms with Gasteiger partial charge >= 0.3 is 0 Å². The Morgan fingerprint density at radius 2 is 1.34 bits per heavy atom. The van der Waals surface area contributed by atoms with Crippen molar-refractivity contribution in [3.05, 3.63) is 77.9 Å². The molecule has 0 unspecified atom stereocenters. The Labute approximate surface area is 259 Å². The highest BCUT2D eigenvalue weighted by molar-refractivity contribution is 7.27. The molecule has 220 valence electrons. The van der Waals surface area contributed by atoms with Crippen LogP contribution in [0.25, 0.3) is 29.9 Å². The minimum absolute atomic E-state index is 0.0236. The van der Waals surface area contributed by atoms with Crippen LogP contribution in [0.15, 0.2) is 67.3 Å². The van der Waals surface area contributed by atoms with Crippen molar-refractivity contribution < 1.29 is 9.13 Å². The van der Waals surface area contributed by atoms with Gasteiger partial charge in [0.25, 0.3) is 0 Å². The monoisotopic (exact) mass is 608 g/mol. The third-order valence-electron chi connectivity index (χ3n) is 7.45. The fourth-order valence-corrected chi connectivity index (χ4v) is 8.29. The van der Waals surface area contributed by atoms with Crippen molar-refractivity contribution in [2.24, 2.45) is 0 Å². The van der Waals surface area contributed by atoms with E-state index in [0.717, 1.165) is 29.7 Å². The molecule has 4 aromatic rings. The Morgan fingerprint density at radius 1 is 0.732 bits per heavy atom. The molecule has 1 atom stereocenters. The number of allylic oxidation sites excluding steroid dienone is 1. The minimum atomic E-state index is -0.284. The third-order valence-corrected chi connectivity index (χ3v) is 11.2. The standard InChI is InChI=1S/C36H45FOS3/c1-4-6-8-10-11-12-13-15-17-29-19-21-33(39-29)34-24-25-36(41-34)35-23-22-32(40-35)28-18-20-31(30(37)26-28)38-27(3)16-14-9-7-5-2/h4,18-27H,1,5-17H2,2-3H3/t27-/m1/s1. The number of unbranched alkanes of at least 4 members (excludes halogenated alkanes) is 9. The first-order valence-electron chi connectivity index (χ1n) is 15.4. The van der Waals surface area contributed by atoms with Gasteiger partial charge in [-0.3, -0.25) is 0 Å². The predicted molar refractivity (Wildman–Crippen MR) is 181 cm³/mol. The number of thiophene rings is 3. The molecule has 0 fully saturated rings. The second-order valence-electron chi connectivity index (χ2n) is 11.0. The number of hydrogen-bond acceptors (Lipinski definition) is 4. The van der Waals surface area contributed by atoms with Gasteiger partial charge in [0, 0.05) is 29.3 Å². The molecule has 0 aliphatic carbocycles. The first kappa shape index (κ1) is 31.7. The molecular formula is C36H45FOS3. The van der Waals surface area contributed by atoms with E-state index >= 15 is 0 Å². The van der Waals surface area contributed by atoms with E-state index in [4.69, 9.17) is 4.74 Å². The van der Waals surface area contributed by atoms with Crippen LogP contribution in [0, 0.1) is 5.82 Å². The number of benzene rings is 1. The van der Waals surface area contributed by atoms with Crippen LogP contribution in [0.1, 0.15) is 95.8 Å².